The Morgan fingerprint density at radius 3 is 2.62 bits per heavy atom. The largest absolute Gasteiger partial charge is 0.461 e. The van der Waals surface area contributed by atoms with Crippen molar-refractivity contribution in [3.05, 3.63) is 47.5 Å². The zero-order chi connectivity index (χ0) is 21.0. The number of nitrogens with one attached hydrogen (secondary N) is 2. The van der Waals surface area contributed by atoms with E-state index in [1.807, 2.05) is 20.8 Å². The summed E-state index contributed by atoms with van der Waals surface area (Å²) in [4.78, 5) is 28.5. The number of amides is 2. The van der Waals surface area contributed by atoms with Gasteiger partial charge in [0.15, 0.2) is 5.76 Å². The molecule has 29 heavy (non-hydrogen) atoms. The van der Waals surface area contributed by atoms with E-state index in [4.69, 9.17) is 20.5 Å². The van der Waals surface area contributed by atoms with Crippen LogP contribution in [-0.4, -0.2) is 22.0 Å². The first kappa shape index (κ1) is 20.6. The van der Waals surface area contributed by atoms with Crippen LogP contribution in [0.15, 0.2) is 45.5 Å². The Kier molecular flexibility index (Phi) is 6.03. The van der Waals surface area contributed by atoms with E-state index in [9.17, 15) is 9.59 Å². The van der Waals surface area contributed by atoms with Crippen molar-refractivity contribution in [3.63, 3.8) is 0 Å². The Bertz CT molecular complexity index is 1010. The van der Waals surface area contributed by atoms with E-state index in [-0.39, 0.29) is 24.7 Å². The second-order valence-corrected chi connectivity index (χ2v) is 7.84. The Morgan fingerprint density at radius 2 is 1.97 bits per heavy atom. The highest BCUT2D eigenvalue weighted by Gasteiger charge is 2.22. The fourth-order valence-corrected chi connectivity index (χ4v) is 2.54. The molecule has 0 aliphatic heterocycles. The van der Waals surface area contributed by atoms with Crippen LogP contribution in [0, 0.1) is 5.41 Å². The van der Waals surface area contributed by atoms with E-state index in [2.05, 4.69) is 20.8 Å². The molecule has 0 unspecified atom stereocenters. The first-order valence-corrected chi connectivity index (χ1v) is 9.37. The van der Waals surface area contributed by atoms with Gasteiger partial charge in [0, 0.05) is 23.9 Å². The molecule has 8 nitrogen and oxygen atoms in total. The molecule has 0 fully saturated rings. The average molecular weight is 417 g/mol. The third-order valence-electron chi connectivity index (χ3n) is 3.96. The summed E-state index contributed by atoms with van der Waals surface area (Å²) in [6, 6.07) is 8.35. The van der Waals surface area contributed by atoms with Gasteiger partial charge in [-0.05, 0) is 30.3 Å². The van der Waals surface area contributed by atoms with Crippen molar-refractivity contribution in [1.82, 2.24) is 10.1 Å². The van der Waals surface area contributed by atoms with Crippen molar-refractivity contribution in [2.45, 2.75) is 33.6 Å². The molecular formula is C20H21ClN4O4. The molecular weight excluding hydrogens is 396 g/mol. The monoisotopic (exact) mass is 416 g/mol. The SMILES string of the molecule is CC(C)(C)C(=O)Nc1ccc(NC(=O)CCc2nc(-c3ccco3)no2)cc1Cl. The van der Waals surface area contributed by atoms with Crippen molar-refractivity contribution in [3.8, 4) is 11.6 Å². The number of furan rings is 1. The minimum absolute atomic E-state index is 0.148. The summed E-state index contributed by atoms with van der Waals surface area (Å²) in [5.74, 6) is 0.794. The summed E-state index contributed by atoms with van der Waals surface area (Å²) in [5, 5.41) is 9.68. The van der Waals surface area contributed by atoms with Crippen LogP contribution < -0.4 is 10.6 Å². The highest BCUT2D eigenvalue weighted by atomic mass is 35.5. The summed E-state index contributed by atoms with van der Waals surface area (Å²) >= 11 is 6.22. The fourth-order valence-electron chi connectivity index (χ4n) is 2.31. The van der Waals surface area contributed by atoms with Crippen LogP contribution in [0.2, 0.25) is 5.02 Å². The molecule has 2 N–H and O–H groups in total. The summed E-state index contributed by atoms with van der Waals surface area (Å²) < 4.78 is 10.3. The molecule has 0 saturated carbocycles. The fraction of sp³-hybridized carbons (Fsp3) is 0.300. The van der Waals surface area contributed by atoms with Crippen molar-refractivity contribution < 1.29 is 18.5 Å². The predicted molar refractivity (Wildman–Crippen MR) is 108 cm³/mol. The maximum absolute atomic E-state index is 12.2. The lowest BCUT2D eigenvalue weighted by molar-refractivity contribution is -0.123. The van der Waals surface area contributed by atoms with Gasteiger partial charge >= 0.3 is 0 Å². The van der Waals surface area contributed by atoms with E-state index in [1.54, 1.807) is 30.3 Å². The molecule has 0 aliphatic carbocycles. The third-order valence-corrected chi connectivity index (χ3v) is 4.27. The maximum Gasteiger partial charge on any atom is 0.238 e. The number of carbonyl (C=O) groups excluding carboxylic acids is 2. The maximum atomic E-state index is 12.2. The number of anilines is 2. The van der Waals surface area contributed by atoms with Crippen molar-refractivity contribution in [2.24, 2.45) is 5.41 Å². The number of aryl methyl sites for hydroxylation is 1. The predicted octanol–water partition coefficient (Wildman–Crippen LogP) is 4.54. The van der Waals surface area contributed by atoms with Crippen molar-refractivity contribution >= 4 is 34.8 Å². The van der Waals surface area contributed by atoms with Gasteiger partial charge in [-0.1, -0.05) is 37.5 Å². The number of benzene rings is 1. The summed E-state index contributed by atoms with van der Waals surface area (Å²) in [5.41, 5.74) is 0.471. The van der Waals surface area contributed by atoms with Gasteiger partial charge in [0.25, 0.3) is 0 Å². The van der Waals surface area contributed by atoms with Gasteiger partial charge in [0.2, 0.25) is 23.5 Å². The van der Waals surface area contributed by atoms with Gasteiger partial charge in [0.05, 0.1) is 17.0 Å². The Morgan fingerprint density at radius 1 is 1.17 bits per heavy atom. The quantitative estimate of drug-likeness (QED) is 0.610. The molecule has 2 heterocycles. The molecule has 0 aliphatic rings. The molecule has 0 saturated heterocycles. The molecule has 0 bridgehead atoms. The topological polar surface area (TPSA) is 110 Å². The van der Waals surface area contributed by atoms with Gasteiger partial charge in [0.1, 0.15) is 0 Å². The Balaban J connectivity index is 1.54. The third kappa shape index (κ3) is 5.45. The molecule has 1 aromatic carbocycles. The van der Waals surface area contributed by atoms with Crippen LogP contribution in [-0.2, 0) is 16.0 Å². The van der Waals surface area contributed by atoms with E-state index in [0.717, 1.165) is 0 Å². The van der Waals surface area contributed by atoms with Gasteiger partial charge in [-0.2, -0.15) is 4.98 Å². The standard InChI is InChI=1S/C20H21ClN4O4/c1-20(2,3)19(27)23-14-7-6-12(11-13(14)21)22-16(26)8-9-17-24-18(25-29-17)15-5-4-10-28-15/h4-7,10-11H,8-9H2,1-3H3,(H,22,26)(H,23,27). The average Bonchev–Trinajstić information content (AvgIpc) is 3.32. The molecule has 9 heteroatoms. The molecule has 0 atom stereocenters. The van der Waals surface area contributed by atoms with Crippen LogP contribution >= 0.6 is 11.6 Å². The van der Waals surface area contributed by atoms with Crippen molar-refractivity contribution in [2.75, 3.05) is 10.6 Å². The number of carbonyl (C=O) groups is 2. The second kappa shape index (κ2) is 8.48. The molecule has 2 amide bonds. The molecule has 0 radical (unpaired) electrons. The van der Waals surface area contributed by atoms with Gasteiger partial charge in [-0.25, -0.2) is 0 Å². The normalized spacial score (nSPS) is 11.3. The molecule has 152 valence electrons. The molecule has 3 rings (SSSR count). The Hall–Kier alpha value is -3.13. The van der Waals surface area contributed by atoms with E-state index in [1.165, 1.54) is 6.26 Å². The van der Waals surface area contributed by atoms with E-state index in [0.29, 0.717) is 33.9 Å². The van der Waals surface area contributed by atoms with E-state index < -0.39 is 5.41 Å². The van der Waals surface area contributed by atoms with Crippen LogP contribution in [0.3, 0.4) is 0 Å². The number of halogens is 1. The number of hydrogen-bond donors (Lipinski definition) is 2. The number of nitrogens with zero attached hydrogens (tertiary/aromatic N) is 2. The zero-order valence-corrected chi connectivity index (χ0v) is 17.0. The number of aromatic nitrogens is 2. The van der Waals surface area contributed by atoms with Crippen LogP contribution in [0.4, 0.5) is 11.4 Å². The number of rotatable bonds is 6. The van der Waals surface area contributed by atoms with Crippen LogP contribution in [0.1, 0.15) is 33.1 Å². The number of hydrogen-bond acceptors (Lipinski definition) is 6. The van der Waals surface area contributed by atoms with Crippen molar-refractivity contribution in [1.29, 1.82) is 0 Å². The smallest absolute Gasteiger partial charge is 0.238 e. The van der Waals surface area contributed by atoms with Crippen LogP contribution in [0.25, 0.3) is 11.6 Å². The lowest BCUT2D eigenvalue weighted by Crippen LogP contribution is -2.27. The zero-order valence-electron chi connectivity index (χ0n) is 16.3. The minimum atomic E-state index is -0.540. The summed E-state index contributed by atoms with van der Waals surface area (Å²) in [6.07, 6.45) is 1.96. The first-order chi connectivity index (χ1) is 13.7. The molecule has 2 aromatic heterocycles. The minimum Gasteiger partial charge on any atom is -0.461 e. The van der Waals surface area contributed by atoms with Gasteiger partial charge in [-0.3, -0.25) is 9.59 Å². The summed E-state index contributed by atoms with van der Waals surface area (Å²) in [6.45, 7) is 5.43. The summed E-state index contributed by atoms with van der Waals surface area (Å²) in [7, 11) is 0. The lowest BCUT2D eigenvalue weighted by Gasteiger charge is -2.18. The van der Waals surface area contributed by atoms with Gasteiger partial charge < -0.3 is 19.6 Å². The second-order valence-electron chi connectivity index (χ2n) is 7.44. The van der Waals surface area contributed by atoms with Crippen LogP contribution in [0.5, 0.6) is 0 Å². The molecule has 0 spiro atoms. The highest BCUT2D eigenvalue weighted by Crippen LogP contribution is 2.27. The van der Waals surface area contributed by atoms with Gasteiger partial charge in [-0.15, -0.1) is 0 Å². The highest BCUT2D eigenvalue weighted by molar-refractivity contribution is 6.34. The Labute approximate surface area is 172 Å². The molecule has 3 aromatic rings. The lowest BCUT2D eigenvalue weighted by atomic mass is 9.95. The van der Waals surface area contributed by atoms with E-state index >= 15 is 0 Å². The first-order valence-electron chi connectivity index (χ1n) is 9.00.